The van der Waals surface area contributed by atoms with Crippen molar-refractivity contribution in [1.29, 1.82) is 0 Å². The lowest BCUT2D eigenvalue weighted by atomic mass is 10.2. The topological polar surface area (TPSA) is 100 Å². The minimum Gasteiger partial charge on any atom is -0.504 e. The number of fused-ring (bicyclic) bond motifs is 1. The highest BCUT2D eigenvalue weighted by atomic mass is 16.6. The van der Waals surface area contributed by atoms with E-state index in [1.165, 1.54) is 18.3 Å². The zero-order chi connectivity index (χ0) is 16.2. The lowest BCUT2D eigenvalue weighted by Crippen LogP contribution is -2.42. The normalized spacial score (nSPS) is 16.3. The van der Waals surface area contributed by atoms with Gasteiger partial charge in [0.05, 0.1) is 6.21 Å². The third-order valence-corrected chi connectivity index (χ3v) is 3.19. The number of phenols is 2. The molecule has 118 valence electrons. The molecule has 1 atom stereocenters. The van der Waals surface area contributed by atoms with Crippen LogP contribution in [-0.2, 0) is 4.79 Å². The van der Waals surface area contributed by atoms with Gasteiger partial charge in [0.2, 0.25) is 6.10 Å². The summed E-state index contributed by atoms with van der Waals surface area (Å²) in [7, 11) is 0. The highest BCUT2D eigenvalue weighted by molar-refractivity contribution is 5.85. The average Bonchev–Trinajstić information content (AvgIpc) is 2.57. The molecule has 2 aromatic rings. The summed E-state index contributed by atoms with van der Waals surface area (Å²) in [4.78, 5) is 12.0. The van der Waals surface area contributed by atoms with Gasteiger partial charge in [0, 0.05) is 0 Å². The van der Waals surface area contributed by atoms with Crippen LogP contribution < -0.4 is 14.9 Å². The van der Waals surface area contributed by atoms with E-state index in [9.17, 15) is 15.0 Å². The number of para-hydroxylation sites is 2. The van der Waals surface area contributed by atoms with Crippen LogP contribution in [0.15, 0.2) is 47.6 Å². The number of aromatic hydroxyl groups is 2. The number of nitrogens with one attached hydrogen (secondary N) is 1. The first-order chi connectivity index (χ1) is 11.1. The average molecular weight is 314 g/mol. The fourth-order valence-corrected chi connectivity index (χ4v) is 2.01. The molecule has 0 aromatic heterocycles. The lowest BCUT2D eigenvalue weighted by Gasteiger charge is -2.24. The number of ether oxygens (including phenoxy) is 2. The molecule has 0 spiro atoms. The Hall–Kier alpha value is -3.22. The number of phenolic OH excluding ortho intramolecular Hbond substituents is 2. The third-order valence-electron chi connectivity index (χ3n) is 3.19. The Bertz CT molecular complexity index is 760. The second-order valence-corrected chi connectivity index (χ2v) is 4.85. The summed E-state index contributed by atoms with van der Waals surface area (Å²) in [5.41, 5.74) is 2.87. The van der Waals surface area contributed by atoms with Gasteiger partial charge >= 0.3 is 0 Å². The van der Waals surface area contributed by atoms with Crippen LogP contribution in [0.25, 0.3) is 0 Å². The van der Waals surface area contributed by atoms with Crippen LogP contribution in [0.2, 0.25) is 0 Å². The minimum atomic E-state index is -0.796. The molecule has 0 unspecified atom stereocenters. The van der Waals surface area contributed by atoms with E-state index in [1.54, 1.807) is 24.3 Å². The molecule has 1 amide bonds. The number of rotatable bonds is 3. The molecule has 0 aliphatic carbocycles. The molecule has 3 N–H and O–H groups in total. The summed E-state index contributed by atoms with van der Waals surface area (Å²) in [6, 6.07) is 11.3. The lowest BCUT2D eigenvalue weighted by molar-refractivity contribution is -0.130. The van der Waals surface area contributed by atoms with E-state index < -0.39 is 12.0 Å². The van der Waals surface area contributed by atoms with E-state index in [0.29, 0.717) is 17.1 Å². The number of nitrogens with zero attached hydrogens (tertiary/aromatic N) is 1. The number of amides is 1. The Morgan fingerprint density at radius 3 is 2.74 bits per heavy atom. The van der Waals surface area contributed by atoms with E-state index in [-0.39, 0.29) is 18.1 Å². The Labute approximate surface area is 131 Å². The molecule has 0 saturated heterocycles. The van der Waals surface area contributed by atoms with Gasteiger partial charge in [0.25, 0.3) is 5.91 Å². The molecule has 2 aromatic carbocycles. The van der Waals surface area contributed by atoms with E-state index in [2.05, 4.69) is 10.5 Å². The smallest absolute Gasteiger partial charge is 0.284 e. The molecule has 1 aliphatic heterocycles. The van der Waals surface area contributed by atoms with E-state index in [0.717, 1.165) is 0 Å². The summed E-state index contributed by atoms with van der Waals surface area (Å²) in [6.45, 7) is 0.0956. The summed E-state index contributed by atoms with van der Waals surface area (Å²) < 4.78 is 11.0. The van der Waals surface area contributed by atoms with Gasteiger partial charge in [-0.1, -0.05) is 12.1 Å². The Morgan fingerprint density at radius 1 is 1.17 bits per heavy atom. The Morgan fingerprint density at radius 2 is 1.96 bits per heavy atom. The number of carbonyl (C=O) groups excluding carboxylic acids is 1. The Balaban J connectivity index is 1.59. The van der Waals surface area contributed by atoms with Crippen molar-refractivity contribution in [3.8, 4) is 23.0 Å². The van der Waals surface area contributed by atoms with Crippen molar-refractivity contribution in [2.24, 2.45) is 5.10 Å². The van der Waals surface area contributed by atoms with Crippen LogP contribution in [0.4, 0.5) is 0 Å². The van der Waals surface area contributed by atoms with Gasteiger partial charge in [-0.3, -0.25) is 4.79 Å². The number of hydrogen-bond acceptors (Lipinski definition) is 6. The summed E-state index contributed by atoms with van der Waals surface area (Å²) in [6.07, 6.45) is 0.546. The number of hydrazone groups is 1. The first-order valence-electron chi connectivity index (χ1n) is 6.87. The quantitative estimate of drug-likeness (QED) is 0.451. The Kier molecular flexibility index (Phi) is 4.01. The van der Waals surface area contributed by atoms with Gasteiger partial charge in [-0.25, -0.2) is 5.43 Å². The van der Waals surface area contributed by atoms with Crippen molar-refractivity contribution in [3.05, 3.63) is 48.0 Å². The summed E-state index contributed by atoms with van der Waals surface area (Å²) >= 11 is 0. The molecule has 1 aliphatic rings. The maximum atomic E-state index is 12.0. The predicted octanol–water partition coefficient (Wildman–Crippen LogP) is 1.39. The second-order valence-electron chi connectivity index (χ2n) is 4.85. The van der Waals surface area contributed by atoms with E-state index in [4.69, 9.17) is 9.47 Å². The maximum Gasteiger partial charge on any atom is 0.284 e. The first kappa shape index (κ1) is 14.7. The first-order valence-corrected chi connectivity index (χ1v) is 6.87. The van der Waals surface area contributed by atoms with Crippen LogP contribution >= 0.6 is 0 Å². The molecule has 23 heavy (non-hydrogen) atoms. The van der Waals surface area contributed by atoms with E-state index in [1.807, 2.05) is 6.07 Å². The van der Waals surface area contributed by atoms with Gasteiger partial charge in [-0.05, 0) is 35.9 Å². The molecule has 0 radical (unpaired) electrons. The minimum absolute atomic E-state index is 0.0956. The van der Waals surface area contributed by atoms with Crippen molar-refractivity contribution in [3.63, 3.8) is 0 Å². The zero-order valence-electron chi connectivity index (χ0n) is 12.0. The van der Waals surface area contributed by atoms with Crippen molar-refractivity contribution < 1.29 is 24.5 Å². The van der Waals surface area contributed by atoms with Crippen LogP contribution in [0.3, 0.4) is 0 Å². The molecule has 1 heterocycles. The fraction of sp³-hybridized carbons (Fsp3) is 0.125. The molecule has 3 rings (SSSR count). The fourth-order valence-electron chi connectivity index (χ4n) is 2.01. The predicted molar refractivity (Wildman–Crippen MR) is 81.9 cm³/mol. The van der Waals surface area contributed by atoms with Crippen LogP contribution in [-0.4, -0.2) is 35.0 Å². The molecule has 7 nitrogen and oxygen atoms in total. The van der Waals surface area contributed by atoms with Crippen molar-refractivity contribution in [1.82, 2.24) is 5.43 Å². The van der Waals surface area contributed by atoms with Crippen LogP contribution in [0, 0.1) is 0 Å². The largest absolute Gasteiger partial charge is 0.504 e. The van der Waals surface area contributed by atoms with E-state index >= 15 is 0 Å². The van der Waals surface area contributed by atoms with Gasteiger partial charge in [-0.15, -0.1) is 0 Å². The van der Waals surface area contributed by atoms with Gasteiger partial charge in [-0.2, -0.15) is 5.10 Å². The molecular formula is C16H14N2O5. The zero-order valence-corrected chi connectivity index (χ0v) is 12.0. The molecule has 7 heteroatoms. The van der Waals surface area contributed by atoms with Crippen molar-refractivity contribution >= 4 is 12.1 Å². The third kappa shape index (κ3) is 3.34. The summed E-state index contributed by atoms with van der Waals surface area (Å²) in [5.74, 6) is 0.170. The number of hydrogen-bond donors (Lipinski definition) is 3. The van der Waals surface area contributed by atoms with Gasteiger partial charge in [0.15, 0.2) is 23.0 Å². The molecule has 0 saturated carbocycles. The second kappa shape index (κ2) is 6.27. The number of carbonyl (C=O) groups is 1. The monoisotopic (exact) mass is 314 g/mol. The SMILES string of the molecule is O=C(N/N=C\c1ccc(O)c(O)c1)[C@H]1COc2ccccc2O1. The van der Waals surface area contributed by atoms with Crippen LogP contribution in [0.1, 0.15) is 5.56 Å². The highest BCUT2D eigenvalue weighted by Crippen LogP contribution is 2.30. The standard InChI is InChI=1S/C16H14N2O5/c19-11-6-5-10(7-12(11)20)8-17-18-16(21)15-9-22-13-3-1-2-4-14(13)23-15/h1-8,15,19-20H,9H2,(H,18,21)/b17-8-/t15-/m1/s1. The molecule has 0 bridgehead atoms. The van der Waals surface area contributed by atoms with Gasteiger partial charge < -0.3 is 19.7 Å². The number of benzene rings is 2. The highest BCUT2D eigenvalue weighted by Gasteiger charge is 2.26. The van der Waals surface area contributed by atoms with Crippen molar-refractivity contribution in [2.75, 3.05) is 6.61 Å². The van der Waals surface area contributed by atoms with Crippen LogP contribution in [0.5, 0.6) is 23.0 Å². The summed E-state index contributed by atoms with van der Waals surface area (Å²) in [5, 5.41) is 22.4. The maximum absolute atomic E-state index is 12.0. The van der Waals surface area contributed by atoms with Gasteiger partial charge in [0.1, 0.15) is 6.61 Å². The van der Waals surface area contributed by atoms with Crippen molar-refractivity contribution in [2.45, 2.75) is 6.10 Å². The molecular weight excluding hydrogens is 300 g/mol. The molecule has 0 fully saturated rings.